The third-order valence-electron chi connectivity index (χ3n) is 3.46. The van der Waals surface area contributed by atoms with Crippen molar-refractivity contribution in [1.82, 2.24) is 5.32 Å². The van der Waals surface area contributed by atoms with Crippen molar-refractivity contribution in [2.75, 3.05) is 0 Å². The SMILES string of the molecule is CC(C)(C)OC(=O)N[C@@H]1C[C@H](SC(=O)c2ccccc2)[C@@H](O)C1. The van der Waals surface area contributed by atoms with Gasteiger partial charge in [0.2, 0.25) is 5.12 Å². The fourth-order valence-electron chi connectivity index (χ4n) is 2.48. The van der Waals surface area contributed by atoms with Crippen LogP contribution in [0.5, 0.6) is 0 Å². The number of carbonyl (C=O) groups is 2. The zero-order chi connectivity index (χ0) is 17.0. The van der Waals surface area contributed by atoms with Gasteiger partial charge in [0.05, 0.1) is 6.10 Å². The molecule has 1 aliphatic carbocycles. The molecule has 0 saturated heterocycles. The minimum Gasteiger partial charge on any atom is -0.444 e. The van der Waals surface area contributed by atoms with Crippen molar-refractivity contribution in [3.63, 3.8) is 0 Å². The number of aliphatic hydroxyl groups is 1. The van der Waals surface area contributed by atoms with E-state index in [-0.39, 0.29) is 16.4 Å². The maximum atomic E-state index is 12.2. The van der Waals surface area contributed by atoms with Crippen LogP contribution in [0.4, 0.5) is 4.79 Å². The molecule has 5 nitrogen and oxygen atoms in total. The molecule has 2 N–H and O–H groups in total. The minimum atomic E-state index is -0.618. The number of hydrogen-bond acceptors (Lipinski definition) is 5. The molecule has 0 spiro atoms. The van der Waals surface area contributed by atoms with Gasteiger partial charge in [0.15, 0.2) is 0 Å². The van der Waals surface area contributed by atoms with Crippen molar-refractivity contribution in [2.24, 2.45) is 0 Å². The van der Waals surface area contributed by atoms with Gasteiger partial charge in [-0.2, -0.15) is 0 Å². The monoisotopic (exact) mass is 337 g/mol. The molecule has 0 aliphatic heterocycles. The molecule has 0 heterocycles. The summed E-state index contributed by atoms with van der Waals surface area (Å²) < 4.78 is 5.22. The van der Waals surface area contributed by atoms with E-state index in [0.717, 1.165) is 11.8 Å². The van der Waals surface area contributed by atoms with Crippen molar-refractivity contribution in [2.45, 2.75) is 56.6 Å². The molecule has 6 heteroatoms. The van der Waals surface area contributed by atoms with Crippen LogP contribution in [0.25, 0.3) is 0 Å². The summed E-state index contributed by atoms with van der Waals surface area (Å²) in [6.45, 7) is 5.40. The lowest BCUT2D eigenvalue weighted by molar-refractivity contribution is 0.0502. The van der Waals surface area contributed by atoms with Gasteiger partial charge in [-0.15, -0.1) is 0 Å². The van der Waals surface area contributed by atoms with Crippen LogP contribution >= 0.6 is 11.8 Å². The zero-order valence-corrected chi connectivity index (χ0v) is 14.4. The highest BCUT2D eigenvalue weighted by molar-refractivity contribution is 8.14. The Morgan fingerprint density at radius 2 is 1.87 bits per heavy atom. The summed E-state index contributed by atoms with van der Waals surface area (Å²) in [5.41, 5.74) is 0.0619. The number of aliphatic hydroxyl groups excluding tert-OH is 1. The maximum absolute atomic E-state index is 12.2. The van der Waals surface area contributed by atoms with Gasteiger partial charge < -0.3 is 15.2 Å². The number of carbonyl (C=O) groups excluding carboxylic acids is 2. The standard InChI is InChI=1S/C17H23NO4S/c1-17(2,3)22-16(21)18-12-9-13(19)14(10-12)23-15(20)11-7-5-4-6-8-11/h4-8,12-14,19H,9-10H2,1-3H3,(H,18,21)/t12-,13-,14-/m0/s1. The van der Waals surface area contributed by atoms with Crippen molar-refractivity contribution < 1.29 is 19.4 Å². The molecule has 0 bridgehead atoms. The third-order valence-corrected chi connectivity index (χ3v) is 4.72. The Morgan fingerprint density at radius 3 is 2.48 bits per heavy atom. The summed E-state index contributed by atoms with van der Waals surface area (Å²) in [5, 5.41) is 12.6. The average molecular weight is 337 g/mol. The second-order valence-corrected chi connectivity index (χ2v) is 7.90. The van der Waals surface area contributed by atoms with E-state index >= 15 is 0 Å². The molecule has 0 aromatic heterocycles. The molecule has 23 heavy (non-hydrogen) atoms. The number of nitrogens with one attached hydrogen (secondary N) is 1. The number of ether oxygens (including phenoxy) is 1. The number of alkyl carbamates (subject to hydrolysis) is 1. The summed E-state index contributed by atoms with van der Waals surface area (Å²) in [7, 11) is 0. The molecule has 1 aromatic carbocycles. The molecule has 0 radical (unpaired) electrons. The van der Waals surface area contributed by atoms with Crippen molar-refractivity contribution in [3.8, 4) is 0 Å². The summed E-state index contributed by atoms with van der Waals surface area (Å²) in [4.78, 5) is 24.0. The minimum absolute atomic E-state index is 0.0624. The van der Waals surface area contributed by atoms with Crippen LogP contribution in [0.15, 0.2) is 30.3 Å². The third kappa shape index (κ3) is 5.55. The second kappa shape index (κ2) is 7.36. The highest BCUT2D eigenvalue weighted by Gasteiger charge is 2.36. The average Bonchev–Trinajstić information content (AvgIpc) is 2.77. The lowest BCUT2D eigenvalue weighted by Gasteiger charge is -2.21. The van der Waals surface area contributed by atoms with E-state index < -0.39 is 17.8 Å². The van der Waals surface area contributed by atoms with Gasteiger partial charge in [0.1, 0.15) is 5.60 Å². The maximum Gasteiger partial charge on any atom is 0.407 e. The summed E-state index contributed by atoms with van der Waals surface area (Å²) in [5.74, 6) is 0. The molecular weight excluding hydrogens is 314 g/mol. The van der Waals surface area contributed by atoms with E-state index in [1.165, 1.54) is 0 Å². The van der Waals surface area contributed by atoms with Crippen LogP contribution < -0.4 is 5.32 Å². The zero-order valence-electron chi connectivity index (χ0n) is 13.6. The first-order valence-corrected chi connectivity index (χ1v) is 8.56. The van der Waals surface area contributed by atoms with E-state index in [1.807, 2.05) is 18.2 Å². The van der Waals surface area contributed by atoms with Crippen molar-refractivity contribution >= 4 is 23.0 Å². The summed E-state index contributed by atoms with van der Waals surface area (Å²) in [6.07, 6.45) is -0.134. The van der Waals surface area contributed by atoms with Crippen LogP contribution in [0, 0.1) is 0 Å². The molecule has 1 fully saturated rings. The number of thioether (sulfide) groups is 1. The Balaban J connectivity index is 1.86. The number of benzene rings is 1. The topological polar surface area (TPSA) is 75.6 Å². The molecule has 1 aliphatic rings. The molecule has 126 valence electrons. The van der Waals surface area contributed by atoms with Crippen molar-refractivity contribution in [3.05, 3.63) is 35.9 Å². The molecular formula is C17H23NO4S. The number of amides is 1. The van der Waals surface area contributed by atoms with E-state index in [0.29, 0.717) is 18.4 Å². The van der Waals surface area contributed by atoms with Crippen LogP contribution in [0.3, 0.4) is 0 Å². The largest absolute Gasteiger partial charge is 0.444 e. The summed E-state index contributed by atoms with van der Waals surface area (Å²) in [6, 6.07) is 8.81. The Morgan fingerprint density at radius 1 is 1.22 bits per heavy atom. The lowest BCUT2D eigenvalue weighted by Crippen LogP contribution is -2.38. The first kappa shape index (κ1) is 17.8. The van der Waals surface area contributed by atoms with Crippen molar-refractivity contribution in [1.29, 1.82) is 0 Å². The van der Waals surface area contributed by atoms with Crippen LogP contribution in [0.1, 0.15) is 44.0 Å². The van der Waals surface area contributed by atoms with Gasteiger partial charge in [0.25, 0.3) is 0 Å². The van der Waals surface area contributed by atoms with Gasteiger partial charge in [0, 0.05) is 16.9 Å². The van der Waals surface area contributed by atoms with Gasteiger partial charge in [-0.25, -0.2) is 4.79 Å². The van der Waals surface area contributed by atoms with Crippen LogP contribution in [-0.2, 0) is 4.74 Å². The summed E-state index contributed by atoms with van der Waals surface area (Å²) >= 11 is 1.13. The highest BCUT2D eigenvalue weighted by atomic mass is 32.2. The molecule has 0 unspecified atom stereocenters. The number of hydrogen-bond donors (Lipinski definition) is 2. The quantitative estimate of drug-likeness (QED) is 0.887. The smallest absolute Gasteiger partial charge is 0.407 e. The molecule has 1 amide bonds. The number of rotatable bonds is 3. The Bertz CT molecular complexity index is 555. The van der Waals surface area contributed by atoms with E-state index in [9.17, 15) is 14.7 Å². The normalized spacial score (nSPS) is 24.3. The predicted molar refractivity (Wildman–Crippen MR) is 90.6 cm³/mol. The first-order chi connectivity index (χ1) is 10.7. The highest BCUT2D eigenvalue weighted by Crippen LogP contribution is 2.32. The molecule has 2 rings (SSSR count). The Kier molecular flexibility index (Phi) is 5.70. The van der Waals surface area contributed by atoms with Crippen LogP contribution in [-0.4, -0.2) is 39.3 Å². The fraction of sp³-hybridized carbons (Fsp3) is 0.529. The molecule has 1 saturated carbocycles. The van der Waals surface area contributed by atoms with E-state index in [1.54, 1.807) is 32.9 Å². The van der Waals surface area contributed by atoms with Gasteiger partial charge >= 0.3 is 6.09 Å². The second-order valence-electron chi connectivity index (χ2n) is 6.69. The van der Waals surface area contributed by atoms with Gasteiger partial charge in [-0.1, -0.05) is 42.1 Å². The molecule has 3 atom stereocenters. The van der Waals surface area contributed by atoms with Crippen LogP contribution in [0.2, 0.25) is 0 Å². The first-order valence-electron chi connectivity index (χ1n) is 7.68. The lowest BCUT2D eigenvalue weighted by atomic mass is 10.2. The fourth-order valence-corrected chi connectivity index (χ4v) is 3.62. The van der Waals surface area contributed by atoms with Gasteiger partial charge in [-0.3, -0.25) is 4.79 Å². The molecule has 1 aromatic rings. The van der Waals surface area contributed by atoms with E-state index in [2.05, 4.69) is 5.32 Å². The predicted octanol–water partition coefficient (Wildman–Crippen LogP) is 2.98. The van der Waals surface area contributed by atoms with Gasteiger partial charge in [-0.05, 0) is 33.6 Å². The van der Waals surface area contributed by atoms with E-state index in [4.69, 9.17) is 4.74 Å². The Labute approximate surface area is 140 Å². The Hall–Kier alpha value is -1.53.